The van der Waals surface area contributed by atoms with Crippen LogP contribution in [0.5, 0.6) is 0 Å². The fraction of sp³-hybridized carbons (Fsp3) is 0.417. The van der Waals surface area contributed by atoms with Crippen molar-refractivity contribution in [3.8, 4) is 6.07 Å². The lowest BCUT2D eigenvalue weighted by Gasteiger charge is -2.07. The van der Waals surface area contributed by atoms with Gasteiger partial charge in [-0.2, -0.15) is 5.26 Å². The molecule has 3 heteroatoms. The van der Waals surface area contributed by atoms with E-state index in [0.29, 0.717) is 12.2 Å². The molecule has 15 heavy (non-hydrogen) atoms. The van der Waals surface area contributed by atoms with Crippen LogP contribution in [0.15, 0.2) is 24.3 Å². The van der Waals surface area contributed by atoms with Crippen LogP contribution in [0, 0.1) is 18.3 Å². The average Bonchev–Trinajstić information content (AvgIpc) is 2.18. The Bertz CT molecular complexity index is 395. The molecule has 0 aromatic heterocycles. The molecule has 2 atom stereocenters. The van der Waals surface area contributed by atoms with Gasteiger partial charge in [0.1, 0.15) is 0 Å². The van der Waals surface area contributed by atoms with Gasteiger partial charge in [0.25, 0.3) is 0 Å². The predicted molar refractivity (Wildman–Crippen MR) is 62.7 cm³/mol. The van der Waals surface area contributed by atoms with Crippen molar-refractivity contribution in [2.45, 2.75) is 31.3 Å². The van der Waals surface area contributed by atoms with Gasteiger partial charge in [0.05, 0.1) is 6.07 Å². The number of nitrogens with zero attached hydrogens (tertiary/aromatic N) is 1. The molecule has 0 saturated carbocycles. The van der Waals surface area contributed by atoms with Gasteiger partial charge < -0.3 is 0 Å². The Kier molecular flexibility index (Phi) is 4.51. The molecule has 1 aromatic rings. The minimum Gasteiger partial charge on any atom is -0.259 e. The maximum atomic E-state index is 11.8. The summed E-state index contributed by atoms with van der Waals surface area (Å²) in [5.74, 6) is 0.546. The molecule has 0 radical (unpaired) electrons. The summed E-state index contributed by atoms with van der Waals surface area (Å²) in [5.41, 5.74) is 2.26. The lowest BCUT2D eigenvalue weighted by molar-refractivity contribution is 0.673. The number of hydrogen-bond acceptors (Lipinski definition) is 2. The van der Waals surface area contributed by atoms with Crippen LogP contribution in [0.4, 0.5) is 0 Å². The van der Waals surface area contributed by atoms with Gasteiger partial charge >= 0.3 is 0 Å². The highest BCUT2D eigenvalue weighted by molar-refractivity contribution is 7.84. The van der Waals surface area contributed by atoms with Gasteiger partial charge in [-0.1, -0.05) is 29.8 Å². The van der Waals surface area contributed by atoms with Gasteiger partial charge in [-0.3, -0.25) is 4.21 Å². The molecular weight excluding hydrogens is 206 g/mol. The monoisotopic (exact) mass is 221 g/mol. The summed E-state index contributed by atoms with van der Waals surface area (Å²) < 4.78 is 11.8. The van der Waals surface area contributed by atoms with Gasteiger partial charge in [-0.05, 0) is 19.4 Å². The molecule has 1 aromatic carbocycles. The van der Waals surface area contributed by atoms with E-state index in [1.165, 1.54) is 5.56 Å². The molecule has 0 aliphatic heterocycles. The summed E-state index contributed by atoms with van der Waals surface area (Å²) in [7, 11) is -0.946. The predicted octanol–water partition coefficient (Wildman–Crippen LogP) is 2.55. The molecule has 0 bridgehead atoms. The number of hydrogen-bond donors (Lipinski definition) is 0. The third kappa shape index (κ3) is 3.85. The van der Waals surface area contributed by atoms with Crippen molar-refractivity contribution >= 4 is 10.8 Å². The van der Waals surface area contributed by atoms with Crippen LogP contribution in [-0.4, -0.2) is 9.46 Å². The van der Waals surface area contributed by atoms with Crippen molar-refractivity contribution in [1.82, 2.24) is 0 Å². The maximum Gasteiger partial charge on any atom is 0.0634 e. The number of aryl methyl sites for hydroxylation is 1. The van der Waals surface area contributed by atoms with Crippen molar-refractivity contribution < 1.29 is 4.21 Å². The van der Waals surface area contributed by atoms with E-state index in [1.54, 1.807) is 0 Å². The van der Waals surface area contributed by atoms with Crippen molar-refractivity contribution in [3.05, 3.63) is 35.4 Å². The molecular formula is C12H15NOS. The molecule has 0 amide bonds. The van der Waals surface area contributed by atoms with Crippen molar-refractivity contribution in [3.63, 3.8) is 0 Å². The van der Waals surface area contributed by atoms with Crippen LogP contribution < -0.4 is 0 Å². The maximum absolute atomic E-state index is 11.8. The Morgan fingerprint density at radius 3 is 2.87 bits per heavy atom. The van der Waals surface area contributed by atoms with Crippen molar-refractivity contribution in [2.24, 2.45) is 0 Å². The molecule has 1 rings (SSSR count). The summed E-state index contributed by atoms with van der Waals surface area (Å²) >= 11 is 0. The Morgan fingerprint density at radius 2 is 2.27 bits per heavy atom. The van der Waals surface area contributed by atoms with Crippen LogP contribution in [0.3, 0.4) is 0 Å². The van der Waals surface area contributed by atoms with E-state index in [2.05, 4.69) is 6.07 Å². The highest BCUT2D eigenvalue weighted by atomic mass is 32.2. The first-order valence-corrected chi connectivity index (χ1v) is 6.31. The summed E-state index contributed by atoms with van der Waals surface area (Å²) in [6.07, 6.45) is 0.360. The summed E-state index contributed by atoms with van der Waals surface area (Å²) in [6, 6.07) is 10.1. The first kappa shape index (κ1) is 11.9. The first-order valence-electron chi connectivity index (χ1n) is 4.93. The summed E-state index contributed by atoms with van der Waals surface area (Å²) in [6.45, 7) is 3.88. The fourth-order valence-corrected chi connectivity index (χ4v) is 2.38. The Hall–Kier alpha value is -1.14. The SMILES string of the molecule is Cc1cccc(CS(=O)C(C)CC#N)c1. The van der Waals surface area contributed by atoms with E-state index in [-0.39, 0.29) is 5.25 Å². The van der Waals surface area contributed by atoms with E-state index in [1.807, 2.05) is 38.1 Å². The minimum absolute atomic E-state index is 0.0458. The summed E-state index contributed by atoms with van der Waals surface area (Å²) in [4.78, 5) is 0. The van der Waals surface area contributed by atoms with Crippen LogP contribution in [-0.2, 0) is 16.6 Å². The normalized spacial score (nSPS) is 14.2. The molecule has 0 spiro atoms. The van der Waals surface area contributed by atoms with Gasteiger partial charge in [-0.25, -0.2) is 0 Å². The van der Waals surface area contributed by atoms with Gasteiger partial charge in [0, 0.05) is 28.2 Å². The van der Waals surface area contributed by atoms with Crippen LogP contribution >= 0.6 is 0 Å². The van der Waals surface area contributed by atoms with Crippen LogP contribution in [0.25, 0.3) is 0 Å². The molecule has 0 aliphatic carbocycles. The van der Waals surface area contributed by atoms with Crippen LogP contribution in [0.1, 0.15) is 24.5 Å². The zero-order valence-electron chi connectivity index (χ0n) is 9.06. The number of nitriles is 1. The molecule has 80 valence electrons. The standard InChI is InChI=1S/C12H15NOS/c1-10-4-3-5-12(8-10)9-15(14)11(2)6-7-13/h3-5,8,11H,6,9H2,1-2H3. The molecule has 0 fully saturated rings. The second-order valence-electron chi connectivity index (χ2n) is 3.69. The van der Waals surface area contributed by atoms with Crippen molar-refractivity contribution in [2.75, 3.05) is 0 Å². The highest BCUT2D eigenvalue weighted by Gasteiger charge is 2.10. The van der Waals surface area contributed by atoms with Crippen molar-refractivity contribution in [1.29, 1.82) is 5.26 Å². The fourth-order valence-electron chi connectivity index (χ4n) is 1.33. The van der Waals surface area contributed by atoms with E-state index < -0.39 is 10.8 Å². The number of benzene rings is 1. The van der Waals surface area contributed by atoms with E-state index in [0.717, 1.165) is 5.56 Å². The molecule has 0 aliphatic rings. The summed E-state index contributed by atoms with van der Waals surface area (Å²) in [5, 5.41) is 8.47. The minimum atomic E-state index is -0.946. The third-order valence-electron chi connectivity index (χ3n) is 2.22. The number of rotatable bonds is 4. The second kappa shape index (κ2) is 5.67. The second-order valence-corrected chi connectivity index (χ2v) is 5.54. The molecule has 0 saturated heterocycles. The molecule has 0 N–H and O–H groups in total. The van der Waals surface area contributed by atoms with Gasteiger partial charge in [0.15, 0.2) is 0 Å². The van der Waals surface area contributed by atoms with Gasteiger partial charge in [-0.15, -0.1) is 0 Å². The lowest BCUT2D eigenvalue weighted by atomic mass is 10.2. The molecule has 0 heterocycles. The topological polar surface area (TPSA) is 40.9 Å². The highest BCUT2D eigenvalue weighted by Crippen LogP contribution is 2.10. The zero-order valence-corrected chi connectivity index (χ0v) is 9.88. The Labute approximate surface area is 93.4 Å². The van der Waals surface area contributed by atoms with Gasteiger partial charge in [0.2, 0.25) is 0 Å². The smallest absolute Gasteiger partial charge is 0.0634 e. The van der Waals surface area contributed by atoms with Crippen LogP contribution in [0.2, 0.25) is 0 Å². The molecule has 2 nitrogen and oxygen atoms in total. The van der Waals surface area contributed by atoms with E-state index >= 15 is 0 Å². The van der Waals surface area contributed by atoms with E-state index in [4.69, 9.17) is 5.26 Å². The molecule has 2 unspecified atom stereocenters. The Balaban J connectivity index is 2.63. The largest absolute Gasteiger partial charge is 0.259 e. The Morgan fingerprint density at radius 1 is 1.53 bits per heavy atom. The zero-order chi connectivity index (χ0) is 11.3. The van der Waals surface area contributed by atoms with E-state index in [9.17, 15) is 4.21 Å². The lowest BCUT2D eigenvalue weighted by Crippen LogP contribution is -2.11. The first-order chi connectivity index (χ1) is 7.13. The average molecular weight is 221 g/mol. The quantitative estimate of drug-likeness (QED) is 0.784. The third-order valence-corrected chi connectivity index (χ3v) is 3.90.